The Balaban J connectivity index is 1.69. The summed E-state index contributed by atoms with van der Waals surface area (Å²) < 4.78 is 0. The minimum Gasteiger partial charge on any atom is -0.352 e. The number of carbonyl (C=O) groups is 2. The fourth-order valence-corrected chi connectivity index (χ4v) is 2.16. The Morgan fingerprint density at radius 3 is 2.13 bits per heavy atom. The maximum absolute atomic E-state index is 11.9. The van der Waals surface area contributed by atoms with Crippen molar-refractivity contribution in [2.24, 2.45) is 0 Å². The number of amides is 2. The van der Waals surface area contributed by atoms with Crippen LogP contribution in [0, 0.1) is 0 Å². The molecule has 0 spiro atoms. The number of benzene rings is 2. The first-order valence-corrected chi connectivity index (χ1v) is 7.87. The smallest absolute Gasteiger partial charge is 0.224 e. The predicted octanol–water partition coefficient (Wildman–Crippen LogP) is 3.28. The van der Waals surface area contributed by atoms with E-state index in [1.807, 2.05) is 54.6 Å². The van der Waals surface area contributed by atoms with Gasteiger partial charge in [-0.1, -0.05) is 49.4 Å². The van der Waals surface area contributed by atoms with Gasteiger partial charge in [0, 0.05) is 25.1 Å². The van der Waals surface area contributed by atoms with Crippen LogP contribution in [0.15, 0.2) is 54.6 Å². The number of rotatable bonds is 7. The number of nitrogens with one attached hydrogen (secondary N) is 2. The summed E-state index contributed by atoms with van der Waals surface area (Å²) in [7, 11) is 0. The molecule has 0 saturated heterocycles. The van der Waals surface area contributed by atoms with Crippen LogP contribution in [0.4, 0.5) is 5.69 Å². The highest BCUT2D eigenvalue weighted by Crippen LogP contribution is 2.10. The van der Waals surface area contributed by atoms with Crippen molar-refractivity contribution in [2.45, 2.75) is 32.7 Å². The highest BCUT2D eigenvalue weighted by molar-refractivity contribution is 5.93. The van der Waals surface area contributed by atoms with Crippen LogP contribution < -0.4 is 10.6 Å². The maximum atomic E-state index is 11.9. The Morgan fingerprint density at radius 1 is 0.826 bits per heavy atom. The number of carbonyl (C=O) groups excluding carboxylic acids is 2. The lowest BCUT2D eigenvalue weighted by Gasteiger charge is -2.07. The maximum Gasteiger partial charge on any atom is 0.224 e. The van der Waals surface area contributed by atoms with E-state index < -0.39 is 0 Å². The fraction of sp³-hybridized carbons (Fsp3) is 0.263. The molecule has 4 heteroatoms. The Kier molecular flexibility index (Phi) is 6.36. The second kappa shape index (κ2) is 8.73. The summed E-state index contributed by atoms with van der Waals surface area (Å²) in [6.45, 7) is 2.57. The summed E-state index contributed by atoms with van der Waals surface area (Å²) in [5, 5.41) is 5.62. The molecule has 2 N–H and O–H groups in total. The minimum atomic E-state index is -0.149. The molecule has 0 aliphatic heterocycles. The summed E-state index contributed by atoms with van der Waals surface area (Å²) in [6.07, 6.45) is 1.33. The van der Waals surface area contributed by atoms with E-state index >= 15 is 0 Å². The molecule has 2 aromatic carbocycles. The van der Waals surface area contributed by atoms with E-state index in [-0.39, 0.29) is 24.7 Å². The number of anilines is 1. The number of hydrogen-bond donors (Lipinski definition) is 2. The van der Waals surface area contributed by atoms with Gasteiger partial charge in [-0.15, -0.1) is 0 Å². The average molecular weight is 310 g/mol. The molecule has 0 radical (unpaired) electrons. The molecular formula is C19H22N2O2. The highest BCUT2D eigenvalue weighted by atomic mass is 16.2. The van der Waals surface area contributed by atoms with Gasteiger partial charge in [0.25, 0.3) is 0 Å². The van der Waals surface area contributed by atoms with Crippen LogP contribution in [-0.4, -0.2) is 11.8 Å². The van der Waals surface area contributed by atoms with Gasteiger partial charge in [0.2, 0.25) is 11.8 Å². The zero-order valence-electron chi connectivity index (χ0n) is 13.3. The molecular weight excluding hydrogens is 288 g/mol. The Labute approximate surface area is 136 Å². The molecule has 0 saturated carbocycles. The van der Waals surface area contributed by atoms with Gasteiger partial charge in [0.05, 0.1) is 0 Å². The second-order valence-electron chi connectivity index (χ2n) is 5.36. The summed E-state index contributed by atoms with van der Waals surface area (Å²) >= 11 is 0. The van der Waals surface area contributed by atoms with Crippen molar-refractivity contribution < 1.29 is 9.59 Å². The molecule has 0 atom stereocenters. The van der Waals surface area contributed by atoms with E-state index in [2.05, 4.69) is 17.6 Å². The second-order valence-corrected chi connectivity index (χ2v) is 5.36. The van der Waals surface area contributed by atoms with Crippen LogP contribution in [0.5, 0.6) is 0 Å². The first-order chi connectivity index (χ1) is 11.2. The quantitative estimate of drug-likeness (QED) is 0.824. The molecule has 120 valence electrons. The average Bonchev–Trinajstić information content (AvgIpc) is 2.60. The molecule has 0 aromatic heterocycles. The van der Waals surface area contributed by atoms with E-state index in [4.69, 9.17) is 0 Å². The molecule has 0 aliphatic rings. The van der Waals surface area contributed by atoms with Gasteiger partial charge in [-0.25, -0.2) is 0 Å². The van der Waals surface area contributed by atoms with E-state index in [1.54, 1.807) is 0 Å². The van der Waals surface area contributed by atoms with Gasteiger partial charge in [-0.2, -0.15) is 0 Å². The van der Waals surface area contributed by atoms with E-state index in [9.17, 15) is 9.59 Å². The summed E-state index contributed by atoms with van der Waals surface area (Å²) in [5.74, 6) is -0.269. The van der Waals surface area contributed by atoms with Crippen LogP contribution in [0.25, 0.3) is 0 Å². The van der Waals surface area contributed by atoms with Gasteiger partial charge in [-0.3, -0.25) is 9.59 Å². The number of hydrogen-bond acceptors (Lipinski definition) is 2. The standard InChI is InChI=1S/C19H22N2O2/c1-2-15-8-10-17(11-9-15)21-19(23)13-12-18(22)20-14-16-6-4-3-5-7-16/h3-11H,2,12-14H2,1H3,(H,20,22)(H,21,23). The molecule has 23 heavy (non-hydrogen) atoms. The molecule has 0 unspecified atom stereocenters. The third-order valence-corrected chi connectivity index (χ3v) is 3.56. The van der Waals surface area contributed by atoms with Crippen molar-refractivity contribution in [1.82, 2.24) is 5.32 Å². The Hall–Kier alpha value is -2.62. The van der Waals surface area contributed by atoms with Crippen molar-refractivity contribution >= 4 is 17.5 Å². The van der Waals surface area contributed by atoms with Crippen molar-refractivity contribution in [3.8, 4) is 0 Å². The lowest BCUT2D eigenvalue weighted by Crippen LogP contribution is -2.24. The topological polar surface area (TPSA) is 58.2 Å². The third kappa shape index (κ3) is 5.94. The van der Waals surface area contributed by atoms with Gasteiger partial charge < -0.3 is 10.6 Å². The number of aryl methyl sites for hydroxylation is 1. The molecule has 2 rings (SSSR count). The summed E-state index contributed by atoms with van der Waals surface area (Å²) in [5.41, 5.74) is 3.03. The lowest BCUT2D eigenvalue weighted by molar-refractivity contribution is -0.124. The SMILES string of the molecule is CCc1ccc(NC(=O)CCC(=O)NCc2ccccc2)cc1. The van der Waals surface area contributed by atoms with E-state index in [0.29, 0.717) is 6.54 Å². The zero-order chi connectivity index (χ0) is 16.5. The van der Waals surface area contributed by atoms with Crippen molar-refractivity contribution in [3.63, 3.8) is 0 Å². The van der Waals surface area contributed by atoms with Gasteiger partial charge in [0.15, 0.2) is 0 Å². The monoisotopic (exact) mass is 310 g/mol. The molecule has 0 heterocycles. The van der Waals surface area contributed by atoms with Crippen LogP contribution in [-0.2, 0) is 22.6 Å². The Bertz CT molecular complexity index is 636. The van der Waals surface area contributed by atoms with E-state index in [0.717, 1.165) is 17.7 Å². The zero-order valence-corrected chi connectivity index (χ0v) is 13.3. The predicted molar refractivity (Wildman–Crippen MR) is 92.0 cm³/mol. The van der Waals surface area contributed by atoms with Crippen molar-refractivity contribution in [1.29, 1.82) is 0 Å². The van der Waals surface area contributed by atoms with Gasteiger partial charge in [0.1, 0.15) is 0 Å². The largest absolute Gasteiger partial charge is 0.352 e. The fourth-order valence-electron chi connectivity index (χ4n) is 2.16. The molecule has 0 aliphatic carbocycles. The molecule has 0 fully saturated rings. The normalized spacial score (nSPS) is 10.1. The minimum absolute atomic E-state index is 0.120. The molecule has 0 bridgehead atoms. The van der Waals surface area contributed by atoms with E-state index in [1.165, 1.54) is 5.56 Å². The molecule has 2 aromatic rings. The highest BCUT2D eigenvalue weighted by Gasteiger charge is 2.07. The first-order valence-electron chi connectivity index (χ1n) is 7.87. The van der Waals surface area contributed by atoms with Gasteiger partial charge >= 0.3 is 0 Å². The van der Waals surface area contributed by atoms with Crippen molar-refractivity contribution in [2.75, 3.05) is 5.32 Å². The Morgan fingerprint density at radius 2 is 1.48 bits per heavy atom. The van der Waals surface area contributed by atoms with Gasteiger partial charge in [-0.05, 0) is 29.7 Å². The molecule has 4 nitrogen and oxygen atoms in total. The summed E-state index contributed by atoms with van der Waals surface area (Å²) in [4.78, 5) is 23.6. The molecule has 2 amide bonds. The first kappa shape index (κ1) is 16.7. The lowest BCUT2D eigenvalue weighted by atomic mass is 10.1. The summed E-state index contributed by atoms with van der Waals surface area (Å²) in [6, 6.07) is 17.4. The van der Waals surface area contributed by atoms with Crippen LogP contribution in [0.1, 0.15) is 30.9 Å². The van der Waals surface area contributed by atoms with Crippen molar-refractivity contribution in [3.05, 3.63) is 65.7 Å². The van der Waals surface area contributed by atoms with Crippen LogP contribution in [0.3, 0.4) is 0 Å². The van der Waals surface area contributed by atoms with Crippen LogP contribution in [0.2, 0.25) is 0 Å². The van der Waals surface area contributed by atoms with Crippen LogP contribution >= 0.6 is 0 Å². The third-order valence-electron chi connectivity index (χ3n) is 3.56.